The van der Waals surface area contributed by atoms with E-state index < -0.39 is 22.8 Å². The lowest BCUT2D eigenvalue weighted by atomic mass is 10.0. The van der Waals surface area contributed by atoms with E-state index in [0.29, 0.717) is 19.5 Å². The molecule has 0 atom stereocenters. The number of carbonyl (C=O) groups is 2. The first-order chi connectivity index (χ1) is 18.4. The molecule has 1 aromatic heterocycles. The van der Waals surface area contributed by atoms with Gasteiger partial charge in [-0.3, -0.25) is 14.4 Å². The van der Waals surface area contributed by atoms with E-state index in [-0.39, 0.29) is 22.6 Å². The summed E-state index contributed by atoms with van der Waals surface area (Å²) in [4.78, 5) is 41.5. The van der Waals surface area contributed by atoms with Crippen molar-refractivity contribution in [2.24, 2.45) is 0 Å². The highest BCUT2D eigenvalue weighted by molar-refractivity contribution is 5.93. The summed E-state index contributed by atoms with van der Waals surface area (Å²) in [5, 5.41) is 22.1. The largest absolute Gasteiger partial charge is 0.504 e. The molecule has 9 nitrogen and oxygen atoms in total. The van der Waals surface area contributed by atoms with E-state index >= 15 is 0 Å². The minimum atomic E-state index is -0.535. The minimum absolute atomic E-state index is 0.0219. The molecule has 0 spiro atoms. The number of carbonyl (C=O) groups excluding carboxylic acids is 2. The average Bonchev–Trinajstić information content (AvgIpc) is 2.92. The number of phenols is 2. The van der Waals surface area contributed by atoms with Crippen LogP contribution in [0, 0.1) is 0 Å². The lowest BCUT2D eigenvalue weighted by Crippen LogP contribution is -2.36. The normalized spacial score (nSPS) is 16.1. The van der Waals surface area contributed by atoms with Gasteiger partial charge in [0.05, 0.1) is 5.39 Å². The molecule has 2 saturated heterocycles. The van der Waals surface area contributed by atoms with E-state index in [9.17, 15) is 24.6 Å². The van der Waals surface area contributed by atoms with Crippen LogP contribution < -0.4 is 15.6 Å². The third-order valence-corrected chi connectivity index (χ3v) is 7.22. The Balaban J connectivity index is 1.18. The number of fused-ring (bicyclic) bond motifs is 1. The molecule has 38 heavy (non-hydrogen) atoms. The zero-order valence-corrected chi connectivity index (χ0v) is 21.1. The molecule has 3 heterocycles. The molecule has 2 aliphatic heterocycles. The summed E-state index contributed by atoms with van der Waals surface area (Å²) in [6, 6.07) is 11.6. The van der Waals surface area contributed by atoms with Gasteiger partial charge in [0.15, 0.2) is 22.7 Å². The molecule has 198 valence electrons. The number of anilines is 1. The van der Waals surface area contributed by atoms with Gasteiger partial charge in [-0.25, -0.2) is 0 Å². The maximum atomic E-state index is 12.6. The number of piperidine rings is 2. The summed E-state index contributed by atoms with van der Waals surface area (Å²) >= 11 is 0. The summed E-state index contributed by atoms with van der Waals surface area (Å²) in [7, 11) is 0. The Morgan fingerprint density at radius 2 is 1.74 bits per heavy atom. The van der Waals surface area contributed by atoms with E-state index in [1.807, 2.05) is 23.1 Å². The Labute approximate surface area is 220 Å². The van der Waals surface area contributed by atoms with E-state index in [1.54, 1.807) is 0 Å². The second-order valence-corrected chi connectivity index (χ2v) is 9.77. The summed E-state index contributed by atoms with van der Waals surface area (Å²) < 4.78 is 5.48. The summed E-state index contributed by atoms with van der Waals surface area (Å²) in [6.07, 6.45) is 6.39. The van der Waals surface area contributed by atoms with Gasteiger partial charge >= 0.3 is 0 Å². The molecule has 9 heteroatoms. The van der Waals surface area contributed by atoms with Crippen molar-refractivity contribution in [3.05, 3.63) is 75.7 Å². The van der Waals surface area contributed by atoms with Gasteiger partial charge in [-0.2, -0.15) is 0 Å². The van der Waals surface area contributed by atoms with Crippen LogP contribution in [0.4, 0.5) is 5.69 Å². The summed E-state index contributed by atoms with van der Waals surface area (Å²) in [6.45, 7) is 3.46. The molecule has 0 unspecified atom stereocenters. The van der Waals surface area contributed by atoms with Gasteiger partial charge in [-0.15, -0.1) is 0 Å². The highest BCUT2D eigenvalue weighted by Crippen LogP contribution is 2.30. The van der Waals surface area contributed by atoms with Crippen LogP contribution in [0.2, 0.25) is 0 Å². The van der Waals surface area contributed by atoms with Gasteiger partial charge in [0.1, 0.15) is 5.58 Å². The van der Waals surface area contributed by atoms with Crippen LogP contribution in [-0.4, -0.2) is 53.1 Å². The molecule has 3 aromatic rings. The van der Waals surface area contributed by atoms with Crippen molar-refractivity contribution < 1.29 is 24.2 Å². The number of phenolic OH excluding ortho intramolecular Hbond substituents is 2. The van der Waals surface area contributed by atoms with Crippen LogP contribution >= 0.6 is 0 Å². The molecule has 0 saturated carbocycles. The lowest BCUT2D eigenvalue weighted by Gasteiger charge is -2.34. The molecule has 0 bridgehead atoms. The molecular formula is C29H31N3O6. The number of hydrogen-bond acceptors (Lipinski definition) is 7. The second kappa shape index (κ2) is 11.0. The van der Waals surface area contributed by atoms with Gasteiger partial charge in [-0.05, 0) is 43.4 Å². The fourth-order valence-electron chi connectivity index (χ4n) is 5.09. The smallest absolute Gasteiger partial charge is 0.287 e. The Bertz CT molecular complexity index is 1450. The number of nitrogens with zero attached hydrogens (tertiary/aromatic N) is 2. The maximum absolute atomic E-state index is 12.6. The molecular weight excluding hydrogens is 486 g/mol. The van der Waals surface area contributed by atoms with Crippen molar-refractivity contribution in [3.63, 3.8) is 0 Å². The molecule has 2 fully saturated rings. The van der Waals surface area contributed by atoms with E-state index in [1.165, 1.54) is 16.8 Å². The van der Waals surface area contributed by atoms with E-state index in [2.05, 4.69) is 22.3 Å². The first kappa shape index (κ1) is 25.4. The number of hydrogen-bond donors (Lipinski definition) is 3. The summed E-state index contributed by atoms with van der Waals surface area (Å²) in [5.74, 6) is -1.33. The van der Waals surface area contributed by atoms with Gasteiger partial charge in [-0.1, -0.05) is 29.8 Å². The fraction of sp³-hybridized carbons (Fsp3) is 0.345. The Hall–Kier alpha value is -4.27. The Morgan fingerprint density at radius 1 is 0.974 bits per heavy atom. The van der Waals surface area contributed by atoms with Crippen LogP contribution in [0.1, 0.15) is 48.2 Å². The number of rotatable bonds is 6. The monoisotopic (exact) mass is 517 g/mol. The van der Waals surface area contributed by atoms with Gasteiger partial charge in [0.2, 0.25) is 5.91 Å². The Morgan fingerprint density at radius 3 is 2.53 bits per heavy atom. The second-order valence-electron chi connectivity index (χ2n) is 9.77. The van der Waals surface area contributed by atoms with Crippen LogP contribution in [0.15, 0.2) is 63.3 Å². The van der Waals surface area contributed by atoms with Crippen molar-refractivity contribution in [1.29, 1.82) is 0 Å². The zero-order valence-electron chi connectivity index (χ0n) is 21.1. The van der Waals surface area contributed by atoms with Crippen molar-refractivity contribution >= 4 is 28.5 Å². The van der Waals surface area contributed by atoms with Crippen LogP contribution in [-0.2, 0) is 11.3 Å². The minimum Gasteiger partial charge on any atom is -0.504 e. The number of nitrogens with one attached hydrogen (secondary N) is 1. The quantitative estimate of drug-likeness (QED) is 0.337. The predicted molar refractivity (Wildman–Crippen MR) is 143 cm³/mol. The van der Waals surface area contributed by atoms with Crippen LogP contribution in [0.25, 0.3) is 11.0 Å². The van der Waals surface area contributed by atoms with Crippen LogP contribution in [0.3, 0.4) is 0 Å². The standard InChI is InChI=1S/C29H31N3O6/c33-23-16-27(38-26-17-25(35)24(34)15-21(23)26)29(37)30-11-8-19-9-13-31(14-10-19)22-6-2-1-5-20(22)18-32-12-4-3-7-28(32)36/h1-2,5-6,8,15-17,34-35H,3-4,7,9-14,18H2,(H,30,37). The molecule has 2 aliphatic rings. The van der Waals surface area contributed by atoms with Crippen LogP contribution in [0.5, 0.6) is 11.5 Å². The van der Waals surface area contributed by atoms with Crippen molar-refractivity contribution in [2.45, 2.75) is 38.6 Å². The van der Waals surface area contributed by atoms with Gasteiger partial charge in [0.25, 0.3) is 5.91 Å². The number of aromatic hydroxyl groups is 2. The first-order valence-electron chi connectivity index (χ1n) is 13.0. The number of benzene rings is 2. The average molecular weight is 518 g/mol. The van der Waals surface area contributed by atoms with Gasteiger partial charge < -0.3 is 29.7 Å². The van der Waals surface area contributed by atoms with Gasteiger partial charge in [0, 0.05) is 57.0 Å². The van der Waals surface area contributed by atoms with Crippen molar-refractivity contribution in [3.8, 4) is 11.5 Å². The van der Waals surface area contributed by atoms with E-state index in [0.717, 1.165) is 63.5 Å². The fourth-order valence-corrected chi connectivity index (χ4v) is 5.09. The topological polar surface area (TPSA) is 123 Å². The first-order valence-corrected chi connectivity index (χ1v) is 13.0. The molecule has 0 aliphatic carbocycles. The molecule has 0 radical (unpaired) electrons. The molecule has 2 aromatic carbocycles. The maximum Gasteiger partial charge on any atom is 0.287 e. The molecule has 5 rings (SSSR count). The SMILES string of the molecule is O=C(NCC=C1CCN(c2ccccc2CN2CCCCC2=O)CC1)c1cc(=O)c2cc(O)c(O)cc2o1. The predicted octanol–water partition coefficient (Wildman–Crippen LogP) is 3.67. The highest BCUT2D eigenvalue weighted by Gasteiger charge is 2.22. The number of para-hydroxylation sites is 1. The zero-order chi connectivity index (χ0) is 26.6. The summed E-state index contributed by atoms with van der Waals surface area (Å²) in [5.41, 5.74) is 3.12. The van der Waals surface area contributed by atoms with E-state index in [4.69, 9.17) is 4.42 Å². The molecule has 2 amide bonds. The lowest BCUT2D eigenvalue weighted by molar-refractivity contribution is -0.133. The van der Waals surface area contributed by atoms with Crippen molar-refractivity contribution in [1.82, 2.24) is 10.2 Å². The number of likely N-dealkylation sites (tertiary alicyclic amines) is 1. The third-order valence-electron chi connectivity index (χ3n) is 7.22. The third kappa shape index (κ3) is 5.51. The Kier molecular flexibility index (Phi) is 7.35. The van der Waals surface area contributed by atoms with Crippen molar-refractivity contribution in [2.75, 3.05) is 31.1 Å². The number of amides is 2. The molecule has 3 N–H and O–H groups in total. The highest BCUT2D eigenvalue weighted by atomic mass is 16.3.